The van der Waals surface area contributed by atoms with Crippen LogP contribution in [0.3, 0.4) is 0 Å². The number of allylic oxidation sites excluding steroid dienone is 2. The molecule has 3 nitrogen and oxygen atoms in total. The maximum Gasteiger partial charge on any atom is 0.185 e. The molecule has 1 aliphatic rings. The van der Waals surface area contributed by atoms with Gasteiger partial charge in [0.2, 0.25) is 0 Å². The molecule has 1 aliphatic carbocycles. The number of hydrogen-bond donors (Lipinski definition) is 0. The zero-order chi connectivity index (χ0) is 12.4. The van der Waals surface area contributed by atoms with Crippen LogP contribution >= 0.6 is 0 Å². The Morgan fingerprint density at radius 2 is 1.39 bits per heavy atom. The molecule has 0 aliphatic heterocycles. The second-order valence-electron chi connectivity index (χ2n) is 4.20. The average molecular weight is 240 g/mol. The highest BCUT2D eigenvalue weighted by Gasteiger charge is 2.23. The standard InChI is InChI=1S/C15H12O3/c16-15-11(9-13-3-1-7-17-13)5-6-12(15)10-14-4-2-8-18-14/h1-4,7-10H,5-6H2/b11-9-,12-10+. The van der Waals surface area contributed by atoms with Gasteiger partial charge in [0.25, 0.3) is 0 Å². The van der Waals surface area contributed by atoms with Crippen LogP contribution in [0.5, 0.6) is 0 Å². The fraction of sp³-hybridized carbons (Fsp3) is 0.133. The van der Waals surface area contributed by atoms with E-state index in [0.29, 0.717) is 0 Å². The molecule has 0 bridgehead atoms. The maximum atomic E-state index is 12.1. The molecule has 0 N–H and O–H groups in total. The van der Waals surface area contributed by atoms with Gasteiger partial charge in [-0.05, 0) is 49.3 Å². The summed E-state index contributed by atoms with van der Waals surface area (Å²) in [4.78, 5) is 12.1. The van der Waals surface area contributed by atoms with Gasteiger partial charge < -0.3 is 8.83 Å². The third-order valence-corrected chi connectivity index (χ3v) is 2.97. The van der Waals surface area contributed by atoms with Crippen LogP contribution in [0.2, 0.25) is 0 Å². The summed E-state index contributed by atoms with van der Waals surface area (Å²) in [5.74, 6) is 1.53. The number of furan rings is 2. The lowest BCUT2D eigenvalue weighted by molar-refractivity contribution is -0.111. The largest absolute Gasteiger partial charge is 0.465 e. The van der Waals surface area contributed by atoms with E-state index in [-0.39, 0.29) is 5.78 Å². The Kier molecular flexibility index (Phi) is 2.73. The summed E-state index contributed by atoms with van der Waals surface area (Å²) in [7, 11) is 0. The quantitative estimate of drug-likeness (QED) is 0.751. The van der Waals surface area contributed by atoms with E-state index in [4.69, 9.17) is 8.83 Å². The molecule has 18 heavy (non-hydrogen) atoms. The predicted molar refractivity (Wildman–Crippen MR) is 67.6 cm³/mol. The van der Waals surface area contributed by atoms with Crippen molar-refractivity contribution in [2.24, 2.45) is 0 Å². The molecule has 2 aromatic heterocycles. The van der Waals surface area contributed by atoms with Crippen LogP contribution in [0.4, 0.5) is 0 Å². The number of rotatable bonds is 2. The highest BCUT2D eigenvalue weighted by Crippen LogP contribution is 2.29. The van der Waals surface area contributed by atoms with E-state index in [2.05, 4.69) is 0 Å². The number of hydrogen-bond acceptors (Lipinski definition) is 3. The third kappa shape index (κ3) is 2.07. The molecule has 0 atom stereocenters. The molecule has 2 aromatic rings. The maximum absolute atomic E-state index is 12.1. The molecule has 1 saturated carbocycles. The van der Waals surface area contributed by atoms with Gasteiger partial charge in [-0.2, -0.15) is 0 Å². The first-order valence-corrected chi connectivity index (χ1v) is 5.86. The highest BCUT2D eigenvalue weighted by atomic mass is 16.3. The number of carbonyl (C=O) groups excluding carboxylic acids is 1. The van der Waals surface area contributed by atoms with Crippen LogP contribution in [-0.2, 0) is 4.79 Å². The number of Topliss-reactive ketones (excluding diaryl/α,β-unsaturated/α-hetero) is 1. The van der Waals surface area contributed by atoms with Gasteiger partial charge in [-0.15, -0.1) is 0 Å². The van der Waals surface area contributed by atoms with Gasteiger partial charge in [-0.25, -0.2) is 0 Å². The van der Waals surface area contributed by atoms with Gasteiger partial charge in [0.05, 0.1) is 12.5 Å². The monoisotopic (exact) mass is 240 g/mol. The van der Waals surface area contributed by atoms with Crippen molar-refractivity contribution in [1.82, 2.24) is 0 Å². The molecule has 3 heteroatoms. The lowest BCUT2D eigenvalue weighted by atomic mass is 10.1. The molecular formula is C15H12O3. The van der Waals surface area contributed by atoms with Crippen LogP contribution < -0.4 is 0 Å². The summed E-state index contributed by atoms with van der Waals surface area (Å²) >= 11 is 0. The van der Waals surface area contributed by atoms with Crippen LogP contribution in [0.25, 0.3) is 12.2 Å². The summed E-state index contributed by atoms with van der Waals surface area (Å²) in [6.07, 6.45) is 8.34. The van der Waals surface area contributed by atoms with Crippen molar-refractivity contribution < 1.29 is 13.6 Å². The summed E-state index contributed by atoms with van der Waals surface area (Å²) in [5, 5.41) is 0. The Hall–Kier alpha value is -2.29. The van der Waals surface area contributed by atoms with E-state index in [1.807, 2.05) is 36.4 Å². The van der Waals surface area contributed by atoms with Crippen molar-refractivity contribution in [2.75, 3.05) is 0 Å². The molecule has 0 saturated heterocycles. The van der Waals surface area contributed by atoms with Gasteiger partial charge in [0, 0.05) is 11.1 Å². The molecule has 90 valence electrons. The molecule has 1 fully saturated rings. The Bertz CT molecular complexity index is 544. The minimum absolute atomic E-state index is 0.0859. The third-order valence-electron chi connectivity index (χ3n) is 2.97. The molecule has 0 aromatic carbocycles. The van der Waals surface area contributed by atoms with Crippen molar-refractivity contribution >= 4 is 17.9 Å². The van der Waals surface area contributed by atoms with Crippen LogP contribution in [0.15, 0.2) is 56.8 Å². The Morgan fingerprint density at radius 1 is 0.889 bits per heavy atom. The van der Waals surface area contributed by atoms with Crippen LogP contribution in [-0.4, -0.2) is 5.78 Å². The van der Waals surface area contributed by atoms with Crippen LogP contribution in [0, 0.1) is 0 Å². The zero-order valence-corrected chi connectivity index (χ0v) is 9.76. The van der Waals surface area contributed by atoms with Crippen molar-refractivity contribution in [1.29, 1.82) is 0 Å². The fourth-order valence-corrected chi connectivity index (χ4v) is 2.07. The first-order valence-electron chi connectivity index (χ1n) is 5.86. The minimum atomic E-state index is 0.0859. The molecule has 2 heterocycles. The van der Waals surface area contributed by atoms with E-state index < -0.39 is 0 Å². The molecule has 3 rings (SSSR count). The zero-order valence-electron chi connectivity index (χ0n) is 9.76. The lowest BCUT2D eigenvalue weighted by Crippen LogP contribution is -1.94. The Morgan fingerprint density at radius 3 is 1.78 bits per heavy atom. The second-order valence-corrected chi connectivity index (χ2v) is 4.20. The first-order chi connectivity index (χ1) is 8.83. The number of carbonyl (C=O) groups is 1. The minimum Gasteiger partial charge on any atom is -0.465 e. The average Bonchev–Trinajstić information content (AvgIpc) is 3.08. The van der Waals surface area contributed by atoms with Gasteiger partial charge in [-0.1, -0.05) is 0 Å². The van der Waals surface area contributed by atoms with Gasteiger partial charge in [-0.3, -0.25) is 4.79 Å². The predicted octanol–water partition coefficient (Wildman–Crippen LogP) is 3.70. The van der Waals surface area contributed by atoms with Gasteiger partial charge >= 0.3 is 0 Å². The van der Waals surface area contributed by atoms with Gasteiger partial charge in [0.1, 0.15) is 11.5 Å². The first kappa shape index (κ1) is 10.8. The molecule has 0 unspecified atom stereocenters. The van der Waals surface area contributed by atoms with E-state index in [9.17, 15) is 4.79 Å². The lowest BCUT2D eigenvalue weighted by Gasteiger charge is -1.93. The SMILES string of the molecule is O=C1/C(=C\c2ccco2)CC/C1=C\c1ccco1. The molecular weight excluding hydrogens is 228 g/mol. The Balaban J connectivity index is 1.85. The topological polar surface area (TPSA) is 43.4 Å². The molecule has 0 radical (unpaired) electrons. The summed E-state index contributed by atoms with van der Waals surface area (Å²) < 4.78 is 10.4. The van der Waals surface area contributed by atoms with Crippen molar-refractivity contribution in [3.05, 3.63) is 59.5 Å². The normalized spacial score (nSPS) is 20.1. The Labute approximate surface area is 104 Å². The van der Waals surface area contributed by atoms with E-state index >= 15 is 0 Å². The molecule has 0 amide bonds. The summed E-state index contributed by atoms with van der Waals surface area (Å²) in [6, 6.07) is 7.31. The summed E-state index contributed by atoms with van der Waals surface area (Å²) in [5.41, 5.74) is 1.59. The van der Waals surface area contributed by atoms with Crippen LogP contribution in [0.1, 0.15) is 24.4 Å². The van der Waals surface area contributed by atoms with E-state index in [0.717, 1.165) is 35.5 Å². The van der Waals surface area contributed by atoms with Crippen molar-refractivity contribution in [3.8, 4) is 0 Å². The molecule has 0 spiro atoms. The highest BCUT2D eigenvalue weighted by molar-refractivity contribution is 6.15. The smallest absolute Gasteiger partial charge is 0.185 e. The second kappa shape index (κ2) is 4.53. The number of ketones is 1. The van der Waals surface area contributed by atoms with E-state index in [1.54, 1.807) is 12.5 Å². The van der Waals surface area contributed by atoms with Crippen molar-refractivity contribution in [3.63, 3.8) is 0 Å². The fourth-order valence-electron chi connectivity index (χ4n) is 2.07. The summed E-state index contributed by atoms with van der Waals surface area (Å²) in [6.45, 7) is 0. The van der Waals surface area contributed by atoms with Gasteiger partial charge in [0.15, 0.2) is 5.78 Å². The van der Waals surface area contributed by atoms with Crippen molar-refractivity contribution in [2.45, 2.75) is 12.8 Å². The van der Waals surface area contributed by atoms with E-state index in [1.165, 1.54) is 0 Å².